The Balaban J connectivity index is 1.14. The third kappa shape index (κ3) is 4.11. The number of hydrogen-bond donors (Lipinski definition) is 3. The Labute approximate surface area is 154 Å². The molecule has 1 aromatic carbocycles. The number of H-pyrrole nitrogens is 1. The number of nitrogens with zero attached hydrogens (tertiary/aromatic N) is 2. The molecule has 1 aliphatic carbocycles. The van der Waals surface area contributed by atoms with E-state index in [2.05, 4.69) is 43.8 Å². The molecule has 0 amide bonds. The van der Waals surface area contributed by atoms with Gasteiger partial charge in [0.2, 0.25) is 0 Å². The van der Waals surface area contributed by atoms with Crippen molar-refractivity contribution in [2.45, 2.75) is 44.7 Å². The number of aromatic amines is 1. The Morgan fingerprint density at radius 1 is 1.08 bits per heavy atom. The van der Waals surface area contributed by atoms with Gasteiger partial charge < -0.3 is 15.6 Å². The van der Waals surface area contributed by atoms with Gasteiger partial charge in [0.25, 0.3) is 0 Å². The van der Waals surface area contributed by atoms with Crippen LogP contribution in [0.25, 0.3) is 11.0 Å². The van der Waals surface area contributed by atoms with Crippen molar-refractivity contribution in [3.05, 3.63) is 59.7 Å². The van der Waals surface area contributed by atoms with Crippen LogP contribution in [0.2, 0.25) is 0 Å². The zero-order valence-electron chi connectivity index (χ0n) is 15.2. The molecular weight excluding hydrogens is 322 g/mol. The predicted molar refractivity (Wildman–Crippen MR) is 105 cm³/mol. The minimum absolute atomic E-state index is 0.434. The Kier molecular flexibility index (Phi) is 5.57. The van der Waals surface area contributed by atoms with Gasteiger partial charge in [-0.3, -0.25) is 4.98 Å². The molecular formula is C21H27N5. The van der Waals surface area contributed by atoms with Crippen LogP contribution in [0.15, 0.2) is 42.6 Å². The summed E-state index contributed by atoms with van der Waals surface area (Å²) in [6.45, 7) is 2.85. The highest BCUT2D eigenvalue weighted by Gasteiger charge is 2.20. The Hall–Kier alpha value is -2.24. The minimum atomic E-state index is 0.434. The molecule has 0 radical (unpaired) electrons. The van der Waals surface area contributed by atoms with E-state index in [-0.39, 0.29) is 0 Å². The first-order valence-electron chi connectivity index (χ1n) is 9.72. The normalized spacial score (nSPS) is 16.7. The molecule has 1 atom stereocenters. The van der Waals surface area contributed by atoms with Crippen LogP contribution in [0.5, 0.6) is 0 Å². The molecule has 0 fully saturated rings. The van der Waals surface area contributed by atoms with Crippen LogP contribution in [-0.2, 0) is 13.0 Å². The molecule has 0 saturated heterocycles. The van der Waals surface area contributed by atoms with Gasteiger partial charge in [-0.15, -0.1) is 0 Å². The maximum Gasteiger partial charge on any atom is 0.121 e. The van der Waals surface area contributed by atoms with E-state index in [1.807, 2.05) is 24.4 Å². The topological polar surface area (TPSA) is 65.6 Å². The van der Waals surface area contributed by atoms with E-state index in [0.717, 1.165) is 42.9 Å². The molecule has 0 spiro atoms. The van der Waals surface area contributed by atoms with Crippen LogP contribution in [0.4, 0.5) is 0 Å². The first kappa shape index (κ1) is 17.2. The van der Waals surface area contributed by atoms with E-state index in [1.165, 1.54) is 36.9 Å². The number of imidazole rings is 1. The van der Waals surface area contributed by atoms with Crippen LogP contribution < -0.4 is 10.6 Å². The highest BCUT2D eigenvalue weighted by atomic mass is 15.0. The number of para-hydroxylation sites is 2. The monoisotopic (exact) mass is 349 g/mol. The summed E-state index contributed by atoms with van der Waals surface area (Å²) in [6.07, 6.45) is 7.89. The number of nitrogens with one attached hydrogen (secondary N) is 3. The van der Waals surface area contributed by atoms with Crippen molar-refractivity contribution in [2.75, 3.05) is 13.1 Å². The Morgan fingerprint density at radius 3 is 2.96 bits per heavy atom. The summed E-state index contributed by atoms with van der Waals surface area (Å²) in [5, 5.41) is 7.18. The van der Waals surface area contributed by atoms with Gasteiger partial charge in [0.1, 0.15) is 5.82 Å². The molecule has 1 aliphatic rings. The maximum atomic E-state index is 4.60. The van der Waals surface area contributed by atoms with Gasteiger partial charge in [-0.2, -0.15) is 0 Å². The molecule has 3 N–H and O–H groups in total. The molecule has 0 aliphatic heterocycles. The van der Waals surface area contributed by atoms with Crippen LogP contribution in [-0.4, -0.2) is 28.0 Å². The summed E-state index contributed by atoms with van der Waals surface area (Å²) in [7, 11) is 0. The standard InChI is InChI=1S/C21H27N5/c1-2-10-18-17(9-1)25-20(26-18)15-22-12-3-4-13-23-19-11-5-7-16-8-6-14-24-21(16)19/h1-2,6,8-10,14,19,22-23H,3-5,7,11-13,15H2,(H,25,26). The van der Waals surface area contributed by atoms with Crippen molar-refractivity contribution >= 4 is 11.0 Å². The molecule has 0 bridgehead atoms. The number of aryl methyl sites for hydroxylation is 1. The van der Waals surface area contributed by atoms with Crippen molar-refractivity contribution < 1.29 is 0 Å². The van der Waals surface area contributed by atoms with Crippen molar-refractivity contribution in [1.29, 1.82) is 0 Å². The van der Waals surface area contributed by atoms with E-state index in [1.54, 1.807) is 0 Å². The third-order valence-corrected chi connectivity index (χ3v) is 5.10. The highest BCUT2D eigenvalue weighted by molar-refractivity contribution is 5.74. The molecule has 5 nitrogen and oxygen atoms in total. The number of rotatable bonds is 8. The van der Waals surface area contributed by atoms with E-state index in [0.29, 0.717) is 6.04 Å². The van der Waals surface area contributed by atoms with Gasteiger partial charge in [0, 0.05) is 12.2 Å². The van der Waals surface area contributed by atoms with E-state index >= 15 is 0 Å². The lowest BCUT2D eigenvalue weighted by molar-refractivity contribution is 0.439. The average Bonchev–Trinajstić information content (AvgIpc) is 3.10. The van der Waals surface area contributed by atoms with Gasteiger partial charge in [-0.05, 0) is 69.0 Å². The molecule has 4 rings (SSSR count). The molecule has 2 aromatic heterocycles. The zero-order valence-corrected chi connectivity index (χ0v) is 15.2. The summed E-state index contributed by atoms with van der Waals surface area (Å²) >= 11 is 0. The van der Waals surface area contributed by atoms with Crippen molar-refractivity contribution in [3.8, 4) is 0 Å². The Bertz CT molecular complexity index is 808. The number of benzene rings is 1. The number of hydrogen-bond acceptors (Lipinski definition) is 4. The second kappa shape index (κ2) is 8.43. The van der Waals surface area contributed by atoms with Crippen molar-refractivity contribution in [1.82, 2.24) is 25.6 Å². The highest BCUT2D eigenvalue weighted by Crippen LogP contribution is 2.27. The van der Waals surface area contributed by atoms with Gasteiger partial charge in [-0.1, -0.05) is 18.2 Å². The molecule has 1 unspecified atom stereocenters. The van der Waals surface area contributed by atoms with Crippen LogP contribution in [0, 0.1) is 0 Å². The summed E-state index contributed by atoms with van der Waals surface area (Å²) in [6, 6.07) is 12.9. The van der Waals surface area contributed by atoms with Gasteiger partial charge in [0.05, 0.1) is 23.3 Å². The lowest BCUT2D eigenvalue weighted by Crippen LogP contribution is -2.27. The van der Waals surface area contributed by atoms with E-state index in [9.17, 15) is 0 Å². The Morgan fingerprint density at radius 2 is 2.00 bits per heavy atom. The summed E-state index contributed by atoms with van der Waals surface area (Å²) < 4.78 is 0. The van der Waals surface area contributed by atoms with Crippen molar-refractivity contribution in [2.24, 2.45) is 0 Å². The van der Waals surface area contributed by atoms with Gasteiger partial charge in [-0.25, -0.2) is 4.98 Å². The van der Waals surface area contributed by atoms with Crippen LogP contribution in [0.3, 0.4) is 0 Å². The second-order valence-electron chi connectivity index (χ2n) is 7.03. The summed E-state index contributed by atoms with van der Waals surface area (Å²) in [4.78, 5) is 12.5. The van der Waals surface area contributed by atoms with Crippen molar-refractivity contribution in [3.63, 3.8) is 0 Å². The second-order valence-corrected chi connectivity index (χ2v) is 7.03. The smallest absolute Gasteiger partial charge is 0.121 e. The number of unbranched alkanes of at least 4 members (excludes halogenated alkanes) is 1. The summed E-state index contributed by atoms with van der Waals surface area (Å²) in [5.41, 5.74) is 4.83. The molecule has 26 heavy (non-hydrogen) atoms. The molecule has 0 saturated carbocycles. The number of aromatic nitrogens is 3. The lowest BCUT2D eigenvalue weighted by atomic mass is 9.92. The molecule has 3 aromatic rings. The molecule has 5 heteroatoms. The number of pyridine rings is 1. The molecule has 2 heterocycles. The minimum Gasteiger partial charge on any atom is -0.341 e. The largest absolute Gasteiger partial charge is 0.341 e. The van der Waals surface area contributed by atoms with E-state index < -0.39 is 0 Å². The fraction of sp³-hybridized carbons (Fsp3) is 0.429. The fourth-order valence-corrected chi connectivity index (χ4v) is 3.76. The first-order valence-corrected chi connectivity index (χ1v) is 9.72. The van der Waals surface area contributed by atoms with Gasteiger partial charge >= 0.3 is 0 Å². The van der Waals surface area contributed by atoms with E-state index in [4.69, 9.17) is 0 Å². The predicted octanol–water partition coefficient (Wildman–Crippen LogP) is 3.49. The van der Waals surface area contributed by atoms with Crippen LogP contribution >= 0.6 is 0 Å². The van der Waals surface area contributed by atoms with Gasteiger partial charge in [0.15, 0.2) is 0 Å². The maximum absolute atomic E-state index is 4.60. The quantitative estimate of drug-likeness (QED) is 0.545. The average molecular weight is 349 g/mol. The van der Waals surface area contributed by atoms with Crippen LogP contribution in [0.1, 0.15) is 48.8 Å². The lowest BCUT2D eigenvalue weighted by Gasteiger charge is -2.25. The third-order valence-electron chi connectivity index (χ3n) is 5.10. The molecule has 136 valence electrons. The SMILES string of the molecule is c1cnc2c(c1)CCCC2NCCCCNCc1nc2ccccc2[nH]1. The summed E-state index contributed by atoms with van der Waals surface area (Å²) in [5.74, 6) is 1.01. The zero-order chi connectivity index (χ0) is 17.6. The number of fused-ring (bicyclic) bond motifs is 2. The fourth-order valence-electron chi connectivity index (χ4n) is 3.76. The first-order chi connectivity index (χ1) is 12.9.